The highest BCUT2D eigenvalue weighted by Gasteiger charge is 2.29. The summed E-state index contributed by atoms with van der Waals surface area (Å²) in [5.41, 5.74) is 0. The lowest BCUT2D eigenvalue weighted by Gasteiger charge is -2.19. The van der Waals surface area contributed by atoms with Crippen molar-refractivity contribution in [1.29, 1.82) is 0 Å². The van der Waals surface area contributed by atoms with Crippen molar-refractivity contribution in [2.45, 2.75) is 12.8 Å². The normalized spacial score (nSPS) is 12.5. The quantitative estimate of drug-likeness (QED) is 0.610. The maximum Gasteiger partial charge on any atom is 0.283 e. The molecule has 0 amide bonds. The first-order valence-electron chi connectivity index (χ1n) is 3.58. The molecule has 0 aliphatic rings. The van der Waals surface area contributed by atoms with Crippen LogP contribution in [0.15, 0.2) is 0 Å². The van der Waals surface area contributed by atoms with E-state index in [1.807, 2.05) is 0 Å². The van der Waals surface area contributed by atoms with Gasteiger partial charge in [-0.2, -0.15) is 0 Å². The molecule has 11 heavy (non-hydrogen) atoms. The zero-order chi connectivity index (χ0) is 8.91. The van der Waals surface area contributed by atoms with Gasteiger partial charge in [0.25, 0.3) is 5.92 Å². The minimum Gasteiger partial charge on any atom is -0.375 e. The van der Waals surface area contributed by atoms with Gasteiger partial charge >= 0.3 is 0 Å². The summed E-state index contributed by atoms with van der Waals surface area (Å²) >= 11 is 0. The Morgan fingerprint density at radius 3 is 2.27 bits per heavy atom. The van der Waals surface area contributed by atoms with E-state index >= 15 is 0 Å². The van der Waals surface area contributed by atoms with Crippen molar-refractivity contribution >= 4 is 0 Å². The molecular weight excluding hydrogens is 152 g/mol. The van der Waals surface area contributed by atoms with Crippen molar-refractivity contribution in [1.82, 2.24) is 4.90 Å². The van der Waals surface area contributed by atoms with Crippen LogP contribution in [0, 0.1) is 0 Å². The maximum absolute atomic E-state index is 12.7. The van der Waals surface area contributed by atoms with E-state index in [1.54, 1.807) is 21.0 Å². The molecule has 0 aliphatic heterocycles. The van der Waals surface area contributed by atoms with Gasteiger partial charge in [-0.3, -0.25) is 0 Å². The van der Waals surface area contributed by atoms with Gasteiger partial charge in [-0.1, -0.05) is 0 Å². The number of alkyl halides is 2. The van der Waals surface area contributed by atoms with Crippen LogP contribution in [-0.4, -0.2) is 44.7 Å². The molecule has 0 heterocycles. The number of ether oxygens (including phenoxy) is 1. The molecule has 0 saturated carbocycles. The van der Waals surface area contributed by atoms with E-state index in [0.717, 1.165) is 0 Å². The molecule has 0 aliphatic carbocycles. The second-order valence-electron chi connectivity index (χ2n) is 2.73. The highest BCUT2D eigenvalue weighted by atomic mass is 19.3. The topological polar surface area (TPSA) is 12.5 Å². The van der Waals surface area contributed by atoms with Crippen LogP contribution in [0.1, 0.15) is 6.92 Å². The highest BCUT2D eigenvalue weighted by Crippen LogP contribution is 2.13. The lowest BCUT2D eigenvalue weighted by molar-refractivity contribution is -0.0865. The third-order valence-corrected chi connectivity index (χ3v) is 1.06. The molecule has 0 aromatic rings. The zero-order valence-electron chi connectivity index (χ0n) is 7.23. The first-order valence-corrected chi connectivity index (χ1v) is 3.58. The monoisotopic (exact) mass is 167 g/mol. The van der Waals surface area contributed by atoms with Gasteiger partial charge in [0.2, 0.25) is 0 Å². The molecule has 0 N–H and O–H groups in total. The summed E-state index contributed by atoms with van der Waals surface area (Å²) in [6, 6.07) is 0. The summed E-state index contributed by atoms with van der Waals surface area (Å²) < 4.78 is 30.0. The lowest BCUT2D eigenvalue weighted by Crippen LogP contribution is -2.36. The molecule has 0 aromatic carbocycles. The van der Waals surface area contributed by atoms with Gasteiger partial charge in [-0.25, -0.2) is 8.78 Å². The first-order chi connectivity index (χ1) is 4.98. The number of nitrogens with zero attached hydrogens (tertiary/aromatic N) is 1. The number of rotatable bonds is 5. The summed E-state index contributed by atoms with van der Waals surface area (Å²) in [4.78, 5) is 1.44. The fourth-order valence-electron chi connectivity index (χ4n) is 0.760. The molecule has 0 rings (SSSR count). The molecule has 0 saturated heterocycles. The Hall–Kier alpha value is -0.220. The van der Waals surface area contributed by atoms with Crippen LogP contribution in [0.3, 0.4) is 0 Å². The Balaban J connectivity index is 3.61. The van der Waals surface area contributed by atoms with Gasteiger partial charge in [0, 0.05) is 6.61 Å². The molecule has 0 spiro atoms. The Morgan fingerprint density at radius 1 is 1.36 bits per heavy atom. The van der Waals surface area contributed by atoms with Crippen molar-refractivity contribution in [2.75, 3.05) is 33.9 Å². The highest BCUT2D eigenvalue weighted by molar-refractivity contribution is 4.67. The summed E-state index contributed by atoms with van der Waals surface area (Å²) in [6.45, 7) is 1.30. The van der Waals surface area contributed by atoms with Crippen LogP contribution in [0.2, 0.25) is 0 Å². The third kappa shape index (κ3) is 6.19. The van der Waals surface area contributed by atoms with Gasteiger partial charge in [-0.15, -0.1) is 0 Å². The second kappa shape index (κ2) is 4.62. The van der Waals surface area contributed by atoms with Crippen LogP contribution < -0.4 is 0 Å². The molecular formula is C7H15F2NO. The summed E-state index contributed by atoms with van der Waals surface area (Å²) in [5.74, 6) is -2.72. The minimum absolute atomic E-state index is 0.257. The predicted molar refractivity (Wildman–Crippen MR) is 40.0 cm³/mol. The molecule has 0 atom stereocenters. The van der Waals surface area contributed by atoms with E-state index in [-0.39, 0.29) is 6.54 Å². The summed E-state index contributed by atoms with van der Waals surface area (Å²) in [5, 5.41) is 0. The molecule has 0 radical (unpaired) electrons. The van der Waals surface area contributed by atoms with Gasteiger partial charge in [0.15, 0.2) is 0 Å². The van der Waals surface area contributed by atoms with Gasteiger partial charge in [-0.05, 0) is 21.0 Å². The van der Waals surface area contributed by atoms with Crippen molar-refractivity contribution < 1.29 is 13.5 Å². The van der Waals surface area contributed by atoms with E-state index in [0.29, 0.717) is 6.61 Å². The second-order valence-corrected chi connectivity index (χ2v) is 2.73. The Morgan fingerprint density at radius 2 is 1.91 bits per heavy atom. The Labute approximate surface area is 66.1 Å². The van der Waals surface area contributed by atoms with Crippen molar-refractivity contribution in [2.24, 2.45) is 0 Å². The molecule has 68 valence electrons. The van der Waals surface area contributed by atoms with E-state index in [2.05, 4.69) is 4.74 Å². The van der Waals surface area contributed by atoms with Crippen molar-refractivity contribution in [3.05, 3.63) is 0 Å². The molecule has 0 aromatic heterocycles. The van der Waals surface area contributed by atoms with Crippen molar-refractivity contribution in [3.8, 4) is 0 Å². The summed E-state index contributed by atoms with van der Waals surface area (Å²) in [6.07, 6.45) is 0. The average Bonchev–Trinajstić information content (AvgIpc) is 1.81. The van der Waals surface area contributed by atoms with Gasteiger partial charge in [0.1, 0.15) is 6.61 Å². The molecule has 0 unspecified atom stereocenters. The van der Waals surface area contributed by atoms with Crippen molar-refractivity contribution in [3.63, 3.8) is 0 Å². The molecule has 0 fully saturated rings. The van der Waals surface area contributed by atoms with Crippen LogP contribution in [0.4, 0.5) is 8.78 Å². The first kappa shape index (κ1) is 10.8. The fraction of sp³-hybridized carbons (Fsp3) is 1.00. The minimum atomic E-state index is -2.72. The number of hydrogen-bond acceptors (Lipinski definition) is 2. The van der Waals surface area contributed by atoms with Crippen LogP contribution >= 0.6 is 0 Å². The average molecular weight is 167 g/mol. The van der Waals surface area contributed by atoms with E-state index in [9.17, 15) is 8.78 Å². The van der Waals surface area contributed by atoms with E-state index in [1.165, 1.54) is 4.90 Å². The third-order valence-electron chi connectivity index (χ3n) is 1.06. The van der Waals surface area contributed by atoms with Crippen LogP contribution in [0.5, 0.6) is 0 Å². The molecule has 0 bridgehead atoms. The summed E-state index contributed by atoms with van der Waals surface area (Å²) in [7, 11) is 3.22. The van der Waals surface area contributed by atoms with Crippen LogP contribution in [0.25, 0.3) is 0 Å². The number of hydrogen-bond donors (Lipinski definition) is 0. The maximum atomic E-state index is 12.7. The predicted octanol–water partition coefficient (Wildman–Crippen LogP) is 1.22. The van der Waals surface area contributed by atoms with Gasteiger partial charge in [0.05, 0.1) is 6.54 Å². The molecule has 2 nitrogen and oxygen atoms in total. The zero-order valence-corrected chi connectivity index (χ0v) is 7.23. The SMILES string of the molecule is CCOCC(F)(F)CN(C)C. The van der Waals surface area contributed by atoms with E-state index in [4.69, 9.17) is 0 Å². The largest absolute Gasteiger partial charge is 0.375 e. The van der Waals surface area contributed by atoms with E-state index < -0.39 is 12.5 Å². The standard InChI is InChI=1S/C7H15F2NO/c1-4-11-6-7(8,9)5-10(2)3/h4-6H2,1-3H3. The Kier molecular flexibility index (Phi) is 4.52. The lowest BCUT2D eigenvalue weighted by atomic mass is 10.3. The van der Waals surface area contributed by atoms with Crippen LogP contribution in [-0.2, 0) is 4.74 Å². The van der Waals surface area contributed by atoms with Gasteiger partial charge < -0.3 is 9.64 Å². The smallest absolute Gasteiger partial charge is 0.283 e. The Bertz CT molecular complexity index is 107. The molecule has 4 heteroatoms. The fourth-order valence-corrected chi connectivity index (χ4v) is 0.760. The number of halogens is 2.